The van der Waals surface area contributed by atoms with Gasteiger partial charge in [-0.25, -0.2) is 0 Å². The molecule has 0 unspecified atom stereocenters. The Hall–Kier alpha value is -0.850. The average Bonchev–Trinajstić information content (AvgIpc) is 1.68. The van der Waals surface area contributed by atoms with Crippen LogP contribution in [0, 0.1) is 0 Å². The zero-order chi connectivity index (χ0) is 6.41. The molecule has 1 N–H and O–H groups in total. The van der Waals surface area contributed by atoms with Crippen LogP contribution in [0.3, 0.4) is 0 Å². The molecule has 0 atom stereocenters. The molecule has 2 nitrogen and oxygen atoms in total. The Kier molecular flexibility index (Phi) is 3.85. The molecule has 0 aromatic heterocycles. The second-order valence-corrected chi connectivity index (χ2v) is 1.35. The molecule has 44 valence electrons. The summed E-state index contributed by atoms with van der Waals surface area (Å²) in [6.07, 6.45) is 1.32. The number of carbonyl (C=O) groups is 1. The van der Waals surface area contributed by atoms with Gasteiger partial charge in [-0.05, 0) is 7.05 Å². The summed E-state index contributed by atoms with van der Waals surface area (Å²) in [7, 11) is 1.72. The highest BCUT2D eigenvalue weighted by molar-refractivity contribution is 5.91. The minimum Gasteiger partial charge on any atom is -0.313 e. The summed E-state index contributed by atoms with van der Waals surface area (Å²) in [5.74, 6) is 0.00231. The Labute approximate surface area is 48.9 Å². The monoisotopic (exact) mass is 111 g/mol. The zero-order valence-electron chi connectivity index (χ0n) is 4.90. The normalized spacial score (nSPS) is 7.62. The van der Waals surface area contributed by atoms with Crippen molar-refractivity contribution < 1.29 is 4.79 Å². The van der Waals surface area contributed by atoms with Crippen molar-refractivity contribution in [2.24, 2.45) is 0 Å². The number of likely N-dealkylation sites (N-methyl/N-ethyl adjacent to an activating group) is 1. The first kappa shape index (κ1) is 7.15. The van der Waals surface area contributed by atoms with Crippen LogP contribution in [0.4, 0.5) is 0 Å². The molecule has 0 amide bonds. The summed E-state index contributed by atoms with van der Waals surface area (Å²) in [6.45, 7) is 3.62. The van der Waals surface area contributed by atoms with Crippen molar-refractivity contribution in [3.63, 3.8) is 0 Å². The standard InChI is InChI=1S/C6H9NO/c1-3-4-6(8)5-7-2/h4,7H,1,5H2,2H3. The van der Waals surface area contributed by atoms with E-state index in [9.17, 15) is 4.79 Å². The quantitative estimate of drug-likeness (QED) is 0.414. The SMILES string of the molecule is C=C=CC(=O)CNC. The highest BCUT2D eigenvalue weighted by atomic mass is 16.1. The third kappa shape index (κ3) is 3.34. The molecule has 0 radical (unpaired) electrons. The Morgan fingerprint density at radius 1 is 2.00 bits per heavy atom. The van der Waals surface area contributed by atoms with E-state index in [1.165, 1.54) is 6.08 Å². The lowest BCUT2D eigenvalue weighted by Gasteiger charge is -1.86. The van der Waals surface area contributed by atoms with Crippen LogP contribution in [-0.2, 0) is 4.79 Å². The van der Waals surface area contributed by atoms with Gasteiger partial charge in [0, 0.05) is 6.08 Å². The molecule has 2 heteroatoms. The second-order valence-electron chi connectivity index (χ2n) is 1.35. The van der Waals surface area contributed by atoms with Crippen LogP contribution < -0.4 is 5.32 Å². The summed E-state index contributed by atoms with van der Waals surface area (Å²) in [5, 5.41) is 2.70. The number of hydrogen-bond acceptors (Lipinski definition) is 2. The fourth-order valence-electron chi connectivity index (χ4n) is 0.339. The molecule has 0 rings (SSSR count). The van der Waals surface area contributed by atoms with Gasteiger partial charge >= 0.3 is 0 Å². The summed E-state index contributed by atoms with van der Waals surface area (Å²) in [5.41, 5.74) is 2.39. The lowest BCUT2D eigenvalue weighted by atomic mass is 10.4. The van der Waals surface area contributed by atoms with Crippen molar-refractivity contribution in [1.29, 1.82) is 0 Å². The van der Waals surface area contributed by atoms with Crippen LogP contribution in [0.2, 0.25) is 0 Å². The molecule has 0 saturated heterocycles. The molecule has 0 aliphatic rings. The average molecular weight is 111 g/mol. The smallest absolute Gasteiger partial charge is 0.177 e. The predicted molar refractivity (Wildman–Crippen MR) is 32.6 cm³/mol. The molecule has 0 spiro atoms. The first-order valence-corrected chi connectivity index (χ1v) is 2.34. The van der Waals surface area contributed by atoms with Crippen molar-refractivity contribution in [1.82, 2.24) is 5.32 Å². The first-order valence-electron chi connectivity index (χ1n) is 2.34. The van der Waals surface area contributed by atoms with E-state index in [-0.39, 0.29) is 5.78 Å². The highest BCUT2D eigenvalue weighted by Gasteiger charge is 1.88. The Morgan fingerprint density at radius 2 is 2.62 bits per heavy atom. The molecule has 0 fully saturated rings. The van der Waals surface area contributed by atoms with E-state index in [1.807, 2.05) is 0 Å². The van der Waals surface area contributed by atoms with Gasteiger partial charge in [0.2, 0.25) is 0 Å². The van der Waals surface area contributed by atoms with Gasteiger partial charge in [-0.1, -0.05) is 6.58 Å². The summed E-state index contributed by atoms with van der Waals surface area (Å²) in [4.78, 5) is 10.4. The largest absolute Gasteiger partial charge is 0.313 e. The van der Waals surface area contributed by atoms with Gasteiger partial charge in [-0.15, -0.1) is 5.73 Å². The van der Waals surface area contributed by atoms with Crippen LogP contribution >= 0.6 is 0 Å². The minimum atomic E-state index is 0.00231. The van der Waals surface area contributed by atoms with E-state index in [0.717, 1.165) is 0 Å². The molecule has 0 aliphatic carbocycles. The molecule has 8 heavy (non-hydrogen) atoms. The van der Waals surface area contributed by atoms with E-state index in [1.54, 1.807) is 7.05 Å². The van der Waals surface area contributed by atoms with E-state index < -0.39 is 0 Å². The molecule has 0 aromatic rings. The van der Waals surface area contributed by atoms with Gasteiger partial charge < -0.3 is 5.32 Å². The maximum atomic E-state index is 10.4. The molecule has 0 bridgehead atoms. The molecule has 0 heterocycles. The predicted octanol–water partition coefficient (Wildman–Crippen LogP) is 0.116. The third-order valence-corrected chi connectivity index (χ3v) is 0.614. The van der Waals surface area contributed by atoms with Crippen molar-refractivity contribution in [2.45, 2.75) is 0 Å². The van der Waals surface area contributed by atoms with Crippen molar-refractivity contribution >= 4 is 5.78 Å². The topological polar surface area (TPSA) is 29.1 Å². The van der Waals surface area contributed by atoms with Crippen LogP contribution in [0.5, 0.6) is 0 Å². The van der Waals surface area contributed by atoms with Crippen LogP contribution in [0.25, 0.3) is 0 Å². The Balaban J connectivity index is 3.49. The maximum Gasteiger partial charge on any atom is 0.177 e. The van der Waals surface area contributed by atoms with E-state index >= 15 is 0 Å². The van der Waals surface area contributed by atoms with Crippen molar-refractivity contribution in [3.8, 4) is 0 Å². The summed E-state index contributed by atoms with van der Waals surface area (Å²) < 4.78 is 0. The second kappa shape index (κ2) is 4.31. The van der Waals surface area contributed by atoms with Gasteiger partial charge in [0.1, 0.15) is 0 Å². The molecular weight excluding hydrogens is 102 g/mol. The van der Waals surface area contributed by atoms with E-state index in [2.05, 4.69) is 17.6 Å². The summed E-state index contributed by atoms with van der Waals surface area (Å²) in [6, 6.07) is 0. The highest BCUT2D eigenvalue weighted by Crippen LogP contribution is 1.67. The van der Waals surface area contributed by atoms with Gasteiger partial charge in [-0.3, -0.25) is 4.79 Å². The van der Waals surface area contributed by atoms with Crippen LogP contribution in [0.1, 0.15) is 0 Å². The van der Waals surface area contributed by atoms with Crippen LogP contribution in [-0.4, -0.2) is 19.4 Å². The number of ketones is 1. The molecular formula is C6H9NO. The van der Waals surface area contributed by atoms with Crippen LogP contribution in [0.15, 0.2) is 18.4 Å². The number of rotatable bonds is 3. The van der Waals surface area contributed by atoms with Gasteiger partial charge in [0.25, 0.3) is 0 Å². The van der Waals surface area contributed by atoms with Gasteiger partial charge in [0.15, 0.2) is 5.78 Å². The van der Waals surface area contributed by atoms with Crippen molar-refractivity contribution in [3.05, 3.63) is 18.4 Å². The lowest BCUT2D eigenvalue weighted by Crippen LogP contribution is -2.15. The lowest BCUT2D eigenvalue weighted by molar-refractivity contribution is -0.113. The maximum absolute atomic E-state index is 10.4. The third-order valence-electron chi connectivity index (χ3n) is 0.614. The molecule has 0 aromatic carbocycles. The minimum absolute atomic E-state index is 0.00231. The number of nitrogens with one attached hydrogen (secondary N) is 1. The summed E-state index contributed by atoms with van der Waals surface area (Å²) >= 11 is 0. The van der Waals surface area contributed by atoms with Gasteiger partial charge in [-0.2, -0.15) is 0 Å². The zero-order valence-corrected chi connectivity index (χ0v) is 4.90. The van der Waals surface area contributed by atoms with Gasteiger partial charge in [0.05, 0.1) is 6.54 Å². The Morgan fingerprint density at radius 3 is 3.00 bits per heavy atom. The molecule has 0 aliphatic heterocycles. The Bertz CT molecular complexity index is 122. The van der Waals surface area contributed by atoms with E-state index in [4.69, 9.17) is 0 Å². The van der Waals surface area contributed by atoms with E-state index in [0.29, 0.717) is 6.54 Å². The van der Waals surface area contributed by atoms with Crippen molar-refractivity contribution in [2.75, 3.05) is 13.6 Å². The fourth-order valence-corrected chi connectivity index (χ4v) is 0.339. The number of hydrogen-bond donors (Lipinski definition) is 1. The first-order chi connectivity index (χ1) is 3.81. The molecule has 0 saturated carbocycles. The fraction of sp³-hybridized carbons (Fsp3) is 0.333. The number of carbonyl (C=O) groups excluding carboxylic acids is 1.